The summed E-state index contributed by atoms with van der Waals surface area (Å²) in [6.07, 6.45) is 0. The molecule has 1 amide bonds. The molecule has 8 nitrogen and oxygen atoms in total. The van der Waals surface area contributed by atoms with Crippen LogP contribution >= 0.6 is 24.4 Å². The molecule has 0 aromatic heterocycles. The number of hydrogen-bond donors (Lipinski definition) is 2. The average molecular weight is 432 g/mol. The second-order valence-electron chi connectivity index (χ2n) is 5.63. The summed E-state index contributed by atoms with van der Waals surface area (Å²) < 4.78 is 24.5. The van der Waals surface area contributed by atoms with Crippen molar-refractivity contribution in [2.24, 2.45) is 0 Å². The summed E-state index contributed by atoms with van der Waals surface area (Å²) in [6, 6.07) is 8.96. The molecule has 0 heterocycles. The van der Waals surface area contributed by atoms with E-state index in [1.54, 1.807) is 31.3 Å². The number of benzene rings is 1. The highest BCUT2D eigenvalue weighted by atomic mass is 32.2. The van der Waals surface area contributed by atoms with Crippen molar-refractivity contribution >= 4 is 50.5 Å². The normalized spacial score (nSPS) is 10.8. The molecule has 150 valence electrons. The molecule has 0 saturated heterocycles. The third-order valence-electron chi connectivity index (χ3n) is 3.54. The van der Waals surface area contributed by atoms with Gasteiger partial charge in [-0.25, -0.2) is 8.42 Å². The van der Waals surface area contributed by atoms with Crippen LogP contribution in [-0.4, -0.2) is 72.3 Å². The molecule has 0 atom stereocenters. The van der Waals surface area contributed by atoms with Crippen LogP contribution in [0, 0.1) is 0 Å². The van der Waals surface area contributed by atoms with Gasteiger partial charge in [-0.05, 0) is 26.1 Å². The molecule has 27 heavy (non-hydrogen) atoms. The molecule has 0 unspecified atom stereocenters. The fourth-order valence-electron chi connectivity index (χ4n) is 2.20. The summed E-state index contributed by atoms with van der Waals surface area (Å²) in [6.45, 7) is 5.23. The van der Waals surface area contributed by atoms with Gasteiger partial charge in [-0.15, -0.1) is 4.83 Å². The Labute approximate surface area is 171 Å². The molecular formula is C16H25N5O3S3. The Kier molecular flexibility index (Phi) is 9.03. The van der Waals surface area contributed by atoms with Crippen LogP contribution in [0.4, 0.5) is 0 Å². The number of thiocarbonyl (C=S) groups is 2. The molecule has 0 bridgehead atoms. The quantitative estimate of drug-likeness (QED) is 0.483. The molecule has 1 aromatic carbocycles. The van der Waals surface area contributed by atoms with Crippen molar-refractivity contribution in [2.45, 2.75) is 13.8 Å². The Morgan fingerprint density at radius 1 is 1.04 bits per heavy atom. The minimum Gasteiger partial charge on any atom is -0.348 e. The van der Waals surface area contributed by atoms with Gasteiger partial charge in [0, 0.05) is 32.7 Å². The van der Waals surface area contributed by atoms with Crippen molar-refractivity contribution in [3.63, 3.8) is 0 Å². The predicted octanol–water partition coefficient (Wildman–Crippen LogP) is 0.718. The molecule has 0 fully saturated rings. The largest absolute Gasteiger partial charge is 0.348 e. The number of hydrogen-bond acceptors (Lipinski definition) is 5. The number of rotatable bonds is 7. The van der Waals surface area contributed by atoms with Crippen molar-refractivity contribution < 1.29 is 13.2 Å². The summed E-state index contributed by atoms with van der Waals surface area (Å²) in [5.41, 5.74) is 3.15. The summed E-state index contributed by atoms with van der Waals surface area (Å²) in [7, 11) is -0.900. The van der Waals surface area contributed by atoms with Gasteiger partial charge in [-0.3, -0.25) is 20.2 Å². The summed E-state index contributed by atoms with van der Waals surface area (Å²) in [4.78, 5) is 16.5. The van der Waals surface area contributed by atoms with E-state index in [4.69, 9.17) is 24.4 Å². The van der Waals surface area contributed by atoms with Crippen molar-refractivity contribution in [1.29, 1.82) is 0 Å². The lowest BCUT2D eigenvalue weighted by Gasteiger charge is -2.29. The number of carbonyl (C=O) groups excluding carboxylic acids is 1. The maximum absolute atomic E-state index is 12.2. The number of nitrogens with one attached hydrogen (secondary N) is 2. The second-order valence-corrected chi connectivity index (χ2v) is 8.08. The van der Waals surface area contributed by atoms with E-state index in [-0.39, 0.29) is 0 Å². The highest BCUT2D eigenvalue weighted by molar-refractivity contribution is 7.90. The van der Waals surface area contributed by atoms with Crippen LogP contribution in [0.25, 0.3) is 0 Å². The van der Waals surface area contributed by atoms with E-state index in [1.165, 1.54) is 17.1 Å². The standard InChI is InChI=1S/C16H25N5O3S3/c1-5-21(6-2)16(26)20(4)17-14(22)12-27(23,24)18-19(3)15(25)13-10-8-7-9-11-13/h7-11,18H,5-6,12H2,1-4H3,(H,17,22). The zero-order valence-electron chi connectivity index (χ0n) is 15.8. The lowest BCUT2D eigenvalue weighted by atomic mass is 10.2. The minimum atomic E-state index is -3.94. The summed E-state index contributed by atoms with van der Waals surface area (Å²) >= 11 is 10.5. The number of hydrazine groups is 2. The maximum Gasteiger partial charge on any atom is 0.255 e. The van der Waals surface area contributed by atoms with Crippen LogP contribution in [0.5, 0.6) is 0 Å². The average Bonchev–Trinajstić information content (AvgIpc) is 2.61. The van der Waals surface area contributed by atoms with Crippen LogP contribution in [0.15, 0.2) is 30.3 Å². The minimum absolute atomic E-state index is 0.291. The zero-order chi connectivity index (χ0) is 20.6. The van der Waals surface area contributed by atoms with E-state index in [0.717, 1.165) is 0 Å². The monoisotopic (exact) mass is 431 g/mol. The molecule has 0 radical (unpaired) electrons. The smallest absolute Gasteiger partial charge is 0.255 e. The molecule has 0 aliphatic rings. The number of amides is 1. The molecule has 2 N–H and O–H groups in total. The first-order chi connectivity index (χ1) is 12.6. The van der Waals surface area contributed by atoms with Crippen LogP contribution in [0.1, 0.15) is 19.4 Å². The van der Waals surface area contributed by atoms with Gasteiger partial charge in [0.15, 0.2) is 5.11 Å². The van der Waals surface area contributed by atoms with E-state index >= 15 is 0 Å². The Morgan fingerprint density at radius 2 is 1.59 bits per heavy atom. The molecule has 0 spiro atoms. The fourth-order valence-corrected chi connectivity index (χ4v) is 3.73. The van der Waals surface area contributed by atoms with Crippen LogP contribution in [-0.2, 0) is 14.8 Å². The summed E-state index contributed by atoms with van der Waals surface area (Å²) in [5, 5.41) is 2.93. The highest BCUT2D eigenvalue weighted by Crippen LogP contribution is 2.04. The first-order valence-corrected chi connectivity index (χ1v) is 10.7. The Bertz CT molecular complexity index is 767. The Balaban J connectivity index is 2.64. The maximum atomic E-state index is 12.2. The van der Waals surface area contributed by atoms with Crippen molar-refractivity contribution in [3.8, 4) is 0 Å². The Hall–Kier alpha value is -1.82. The van der Waals surface area contributed by atoms with Gasteiger partial charge in [-0.1, -0.05) is 42.5 Å². The van der Waals surface area contributed by atoms with E-state index in [1.807, 2.05) is 24.8 Å². The molecule has 1 aromatic rings. The number of sulfonamides is 1. The summed E-state index contributed by atoms with van der Waals surface area (Å²) in [5.74, 6) is -1.47. The first kappa shape index (κ1) is 23.2. The van der Waals surface area contributed by atoms with Gasteiger partial charge >= 0.3 is 0 Å². The van der Waals surface area contributed by atoms with Gasteiger partial charge in [0.2, 0.25) is 10.0 Å². The van der Waals surface area contributed by atoms with Crippen molar-refractivity contribution in [3.05, 3.63) is 35.9 Å². The number of nitrogens with zero attached hydrogens (tertiary/aromatic N) is 3. The highest BCUT2D eigenvalue weighted by Gasteiger charge is 2.22. The van der Waals surface area contributed by atoms with Crippen molar-refractivity contribution in [2.75, 3.05) is 32.9 Å². The van der Waals surface area contributed by atoms with Gasteiger partial charge in [-0.2, -0.15) is 0 Å². The zero-order valence-corrected chi connectivity index (χ0v) is 18.2. The molecule has 11 heteroatoms. The van der Waals surface area contributed by atoms with Gasteiger partial charge in [0.25, 0.3) is 5.91 Å². The molecule has 0 saturated carbocycles. The van der Waals surface area contributed by atoms with Crippen molar-refractivity contribution in [1.82, 2.24) is 25.2 Å². The fraction of sp³-hybridized carbons (Fsp3) is 0.438. The van der Waals surface area contributed by atoms with Crippen LogP contribution in [0.3, 0.4) is 0 Å². The number of carbonyl (C=O) groups is 1. The molecular weight excluding hydrogens is 406 g/mol. The predicted molar refractivity (Wildman–Crippen MR) is 114 cm³/mol. The lowest BCUT2D eigenvalue weighted by Crippen LogP contribution is -2.52. The molecule has 1 rings (SSSR count). The lowest BCUT2D eigenvalue weighted by molar-refractivity contribution is -0.121. The van der Waals surface area contributed by atoms with Crippen LogP contribution in [0.2, 0.25) is 0 Å². The van der Waals surface area contributed by atoms with Gasteiger partial charge in [0.1, 0.15) is 10.7 Å². The van der Waals surface area contributed by atoms with Gasteiger partial charge in [0.05, 0.1) is 0 Å². The molecule has 0 aliphatic carbocycles. The SMILES string of the molecule is CCN(CC)C(=S)N(C)NC(=O)CS(=O)(=O)NN(C)C(=S)c1ccccc1. The van der Waals surface area contributed by atoms with Crippen LogP contribution < -0.4 is 10.3 Å². The third-order valence-corrected chi connectivity index (χ3v) is 5.77. The van der Waals surface area contributed by atoms with E-state index in [9.17, 15) is 13.2 Å². The Morgan fingerprint density at radius 3 is 2.11 bits per heavy atom. The second kappa shape index (κ2) is 10.5. The van der Waals surface area contributed by atoms with E-state index in [2.05, 4.69) is 10.3 Å². The third kappa shape index (κ3) is 7.37. The first-order valence-electron chi connectivity index (χ1n) is 8.26. The van der Waals surface area contributed by atoms with E-state index < -0.39 is 21.7 Å². The molecule has 0 aliphatic heterocycles. The van der Waals surface area contributed by atoms with E-state index in [0.29, 0.717) is 28.8 Å². The topological polar surface area (TPSA) is 85.0 Å². The van der Waals surface area contributed by atoms with Gasteiger partial charge < -0.3 is 4.90 Å².